The quantitative estimate of drug-likeness (QED) is 0.505. The van der Waals surface area contributed by atoms with E-state index in [0.29, 0.717) is 21.5 Å². The first kappa shape index (κ1) is 20.2. The molecule has 0 bridgehead atoms. The number of rotatable bonds is 4. The van der Waals surface area contributed by atoms with E-state index < -0.39 is 9.52 Å². The summed E-state index contributed by atoms with van der Waals surface area (Å²) in [5, 5.41) is 4.86. The first-order valence-corrected chi connectivity index (χ1v) is 12.3. The van der Waals surface area contributed by atoms with Crippen LogP contribution in [-0.4, -0.2) is 27.4 Å². The van der Waals surface area contributed by atoms with E-state index in [-0.39, 0.29) is 5.82 Å². The van der Waals surface area contributed by atoms with Gasteiger partial charge in [0.25, 0.3) is 0 Å². The first-order valence-electron chi connectivity index (χ1n) is 9.79. The third-order valence-electron chi connectivity index (χ3n) is 5.45. The van der Waals surface area contributed by atoms with Gasteiger partial charge in [-0.15, -0.1) is 0 Å². The molecule has 1 heterocycles. The third-order valence-corrected chi connectivity index (χ3v) is 6.91. The van der Waals surface area contributed by atoms with Crippen molar-refractivity contribution < 1.29 is 8.60 Å². The number of pyridine rings is 1. The van der Waals surface area contributed by atoms with Crippen LogP contribution in [0.5, 0.6) is 0 Å². The zero-order valence-corrected chi connectivity index (χ0v) is 18.0. The van der Waals surface area contributed by atoms with Gasteiger partial charge in [-0.05, 0) is 69.7 Å². The number of hydrogen-bond acceptors (Lipinski definition) is 3. The van der Waals surface area contributed by atoms with Gasteiger partial charge in [0.1, 0.15) is 5.82 Å². The van der Waals surface area contributed by atoms with Crippen molar-refractivity contribution in [2.45, 2.75) is 43.0 Å². The molecule has 3 aromatic rings. The minimum atomic E-state index is -2.47. The Balaban J connectivity index is 1.89. The first-order chi connectivity index (χ1) is 13.8. The van der Waals surface area contributed by atoms with Crippen LogP contribution in [0.15, 0.2) is 47.5 Å². The van der Waals surface area contributed by atoms with Crippen LogP contribution in [0.25, 0.3) is 22.0 Å². The summed E-state index contributed by atoms with van der Waals surface area (Å²) in [4.78, 5) is 5.14. The standard InChI is InChI=1S/C23H24ClFN2OS/c1-29(2,28)22-14-26-21-9-8-15(16-10-17(24)13-18(25)11-16)12-20(21)23(22)27-19-6-4-3-5-7-19/h8-14,19H,1,3-7H2,2H3,(H,26,27). The molecular formula is C23H24ClFN2OS. The summed E-state index contributed by atoms with van der Waals surface area (Å²) in [5.41, 5.74) is 3.14. The minimum Gasteiger partial charge on any atom is -0.381 e. The van der Waals surface area contributed by atoms with Crippen LogP contribution in [-0.2, 0) is 9.52 Å². The number of hydrogen-bond donors (Lipinski definition) is 1. The third kappa shape index (κ3) is 4.41. The van der Waals surface area contributed by atoms with Crippen molar-refractivity contribution in [3.63, 3.8) is 0 Å². The molecule has 0 saturated heterocycles. The van der Waals surface area contributed by atoms with Gasteiger partial charge < -0.3 is 5.32 Å². The summed E-state index contributed by atoms with van der Waals surface area (Å²) in [6.07, 6.45) is 9.12. The lowest BCUT2D eigenvalue weighted by atomic mass is 9.95. The van der Waals surface area contributed by atoms with Gasteiger partial charge in [0.05, 0.1) is 16.1 Å². The summed E-state index contributed by atoms with van der Waals surface area (Å²) in [5.74, 6) is 3.51. The summed E-state index contributed by atoms with van der Waals surface area (Å²) < 4.78 is 26.8. The molecule has 1 aromatic heterocycles. The number of nitrogens with zero attached hydrogens (tertiary/aromatic N) is 1. The molecule has 152 valence electrons. The largest absolute Gasteiger partial charge is 0.381 e. The Morgan fingerprint density at radius 2 is 1.90 bits per heavy atom. The molecule has 0 radical (unpaired) electrons. The average Bonchev–Trinajstić information content (AvgIpc) is 2.67. The molecule has 0 aliphatic heterocycles. The molecular weight excluding hydrogens is 407 g/mol. The van der Waals surface area contributed by atoms with Crippen LogP contribution in [0, 0.1) is 5.82 Å². The molecule has 4 rings (SSSR count). The lowest BCUT2D eigenvalue weighted by molar-refractivity contribution is 0.462. The predicted molar refractivity (Wildman–Crippen MR) is 122 cm³/mol. The van der Waals surface area contributed by atoms with Gasteiger partial charge in [-0.25, -0.2) is 4.39 Å². The molecule has 3 nitrogen and oxygen atoms in total. The number of aromatic nitrogens is 1. The van der Waals surface area contributed by atoms with Crippen LogP contribution in [0.2, 0.25) is 5.02 Å². The van der Waals surface area contributed by atoms with E-state index in [0.717, 1.165) is 35.0 Å². The molecule has 2 aromatic carbocycles. The van der Waals surface area contributed by atoms with Gasteiger partial charge in [0.15, 0.2) is 0 Å². The number of halogens is 2. The smallest absolute Gasteiger partial charge is 0.125 e. The van der Waals surface area contributed by atoms with Gasteiger partial charge in [-0.2, -0.15) is 0 Å². The molecule has 1 N–H and O–H groups in total. The maximum absolute atomic E-state index is 13.9. The second kappa shape index (κ2) is 7.96. The van der Waals surface area contributed by atoms with Crippen LogP contribution < -0.4 is 5.32 Å². The normalized spacial score (nSPS) is 17.2. The lowest BCUT2D eigenvalue weighted by Gasteiger charge is -2.26. The number of fused-ring (bicyclic) bond motifs is 1. The summed E-state index contributed by atoms with van der Waals surface area (Å²) >= 11 is 6.05. The second-order valence-electron chi connectivity index (χ2n) is 7.87. The van der Waals surface area contributed by atoms with Crippen molar-refractivity contribution in [2.24, 2.45) is 0 Å². The highest BCUT2D eigenvalue weighted by atomic mass is 35.5. The molecule has 1 fully saturated rings. The SMILES string of the molecule is C=S(C)(=O)c1cnc2ccc(-c3cc(F)cc(Cl)c3)cc2c1NC1CCCCC1. The predicted octanol–water partition coefficient (Wildman–Crippen LogP) is 6.14. The summed E-state index contributed by atoms with van der Waals surface area (Å²) in [6.45, 7) is 0. The van der Waals surface area contributed by atoms with Crippen LogP contribution in [0.1, 0.15) is 32.1 Å². The van der Waals surface area contributed by atoms with Gasteiger partial charge in [0, 0.05) is 28.9 Å². The Morgan fingerprint density at radius 1 is 1.14 bits per heavy atom. The Hall–Kier alpha value is -2.11. The maximum Gasteiger partial charge on any atom is 0.125 e. The molecule has 29 heavy (non-hydrogen) atoms. The molecule has 1 atom stereocenters. The molecule has 1 aliphatic carbocycles. The van der Waals surface area contributed by atoms with Crippen molar-refractivity contribution >= 4 is 43.6 Å². The van der Waals surface area contributed by atoms with Gasteiger partial charge in [-0.3, -0.25) is 9.19 Å². The molecule has 0 spiro atoms. The van der Waals surface area contributed by atoms with Gasteiger partial charge in [-0.1, -0.05) is 36.9 Å². The molecule has 1 unspecified atom stereocenters. The fourth-order valence-electron chi connectivity index (χ4n) is 4.00. The molecule has 0 amide bonds. The highest BCUT2D eigenvalue weighted by Crippen LogP contribution is 2.35. The fourth-order valence-corrected chi connectivity index (χ4v) is 5.10. The van der Waals surface area contributed by atoms with Crippen molar-refractivity contribution in [1.82, 2.24) is 4.98 Å². The summed E-state index contributed by atoms with van der Waals surface area (Å²) in [6, 6.07) is 10.6. The van der Waals surface area contributed by atoms with Crippen molar-refractivity contribution in [3.8, 4) is 11.1 Å². The summed E-state index contributed by atoms with van der Waals surface area (Å²) in [7, 11) is -2.47. The lowest BCUT2D eigenvalue weighted by Crippen LogP contribution is -2.23. The Labute approximate surface area is 176 Å². The van der Waals surface area contributed by atoms with Crippen LogP contribution in [0.4, 0.5) is 10.1 Å². The van der Waals surface area contributed by atoms with E-state index >= 15 is 0 Å². The van der Waals surface area contributed by atoms with Crippen molar-refractivity contribution in [1.29, 1.82) is 0 Å². The Bertz CT molecular complexity index is 1150. The van der Waals surface area contributed by atoms with E-state index in [1.165, 1.54) is 31.4 Å². The number of nitrogens with one attached hydrogen (secondary N) is 1. The van der Waals surface area contributed by atoms with Crippen LogP contribution in [0.3, 0.4) is 0 Å². The Kier molecular flexibility index (Phi) is 5.54. The monoisotopic (exact) mass is 430 g/mol. The van der Waals surface area contributed by atoms with E-state index in [1.807, 2.05) is 18.2 Å². The molecule has 1 aliphatic rings. The fraction of sp³-hybridized carbons (Fsp3) is 0.304. The van der Waals surface area contributed by atoms with E-state index in [2.05, 4.69) is 16.2 Å². The molecule has 6 heteroatoms. The van der Waals surface area contributed by atoms with Gasteiger partial charge in [0.2, 0.25) is 0 Å². The highest BCUT2D eigenvalue weighted by Gasteiger charge is 2.19. The second-order valence-corrected chi connectivity index (χ2v) is 10.8. The number of benzene rings is 2. The molecule has 1 saturated carbocycles. The van der Waals surface area contributed by atoms with E-state index in [4.69, 9.17) is 11.6 Å². The zero-order valence-electron chi connectivity index (χ0n) is 16.4. The topological polar surface area (TPSA) is 42.0 Å². The Morgan fingerprint density at radius 3 is 2.59 bits per heavy atom. The van der Waals surface area contributed by atoms with Gasteiger partial charge >= 0.3 is 0 Å². The van der Waals surface area contributed by atoms with Crippen molar-refractivity contribution in [3.05, 3.63) is 53.4 Å². The maximum atomic E-state index is 13.9. The minimum absolute atomic E-state index is 0.335. The van der Waals surface area contributed by atoms with E-state index in [9.17, 15) is 8.60 Å². The zero-order chi connectivity index (χ0) is 20.6. The van der Waals surface area contributed by atoms with Crippen molar-refractivity contribution in [2.75, 3.05) is 11.6 Å². The van der Waals surface area contributed by atoms with E-state index in [1.54, 1.807) is 18.5 Å². The number of anilines is 1. The highest BCUT2D eigenvalue weighted by molar-refractivity contribution is 7.99. The van der Waals surface area contributed by atoms with Crippen LogP contribution >= 0.6 is 11.6 Å². The average molecular weight is 431 g/mol.